The minimum atomic E-state index is -0.124. The minimum Gasteiger partial charge on any atom is -0.482 e. The van der Waals surface area contributed by atoms with Crippen molar-refractivity contribution in [3.63, 3.8) is 0 Å². The van der Waals surface area contributed by atoms with Crippen LogP contribution in [0.5, 0.6) is 5.75 Å². The van der Waals surface area contributed by atoms with Crippen molar-refractivity contribution in [2.75, 3.05) is 17.2 Å². The van der Waals surface area contributed by atoms with Crippen LogP contribution in [0.3, 0.4) is 0 Å². The van der Waals surface area contributed by atoms with E-state index in [0.29, 0.717) is 18.0 Å². The van der Waals surface area contributed by atoms with Gasteiger partial charge in [-0.3, -0.25) is 4.79 Å². The molecule has 0 atom stereocenters. The number of fused-ring (bicyclic) bond motifs is 1. The molecule has 1 aliphatic heterocycles. The zero-order valence-electron chi connectivity index (χ0n) is 11.6. The zero-order chi connectivity index (χ0) is 14.8. The first-order valence-electron chi connectivity index (χ1n) is 6.67. The molecule has 2 N–H and O–H groups in total. The molecular formula is C16H15BrN2O2. The summed E-state index contributed by atoms with van der Waals surface area (Å²) >= 11 is 3.57. The van der Waals surface area contributed by atoms with Crippen molar-refractivity contribution in [1.29, 1.82) is 0 Å². The molecule has 0 saturated heterocycles. The molecular weight excluding hydrogens is 332 g/mol. The Kier molecular flexibility index (Phi) is 3.84. The number of halogens is 1. The van der Waals surface area contributed by atoms with Gasteiger partial charge in [-0.2, -0.15) is 0 Å². The Hall–Kier alpha value is -2.01. The van der Waals surface area contributed by atoms with Crippen molar-refractivity contribution in [2.45, 2.75) is 13.5 Å². The highest BCUT2D eigenvalue weighted by Gasteiger charge is 2.15. The molecule has 2 aromatic rings. The van der Waals surface area contributed by atoms with Crippen LogP contribution in [-0.4, -0.2) is 12.5 Å². The van der Waals surface area contributed by atoms with E-state index in [1.165, 1.54) is 11.1 Å². The molecule has 1 heterocycles. The van der Waals surface area contributed by atoms with Crippen LogP contribution in [0.4, 0.5) is 11.4 Å². The molecule has 0 spiro atoms. The van der Waals surface area contributed by atoms with E-state index in [2.05, 4.69) is 51.7 Å². The molecule has 5 heteroatoms. The molecule has 0 radical (unpaired) electrons. The second-order valence-electron chi connectivity index (χ2n) is 5.00. The lowest BCUT2D eigenvalue weighted by Crippen LogP contribution is -2.25. The smallest absolute Gasteiger partial charge is 0.262 e. The Morgan fingerprint density at radius 3 is 2.95 bits per heavy atom. The first-order valence-corrected chi connectivity index (χ1v) is 7.47. The molecule has 108 valence electrons. The quantitative estimate of drug-likeness (QED) is 0.890. The van der Waals surface area contributed by atoms with E-state index in [1.54, 1.807) is 0 Å². The standard InChI is InChI=1S/C16H15BrN2O2/c1-10-2-3-11(13(17)6-10)8-18-12-4-5-15-14(7-12)19-16(20)9-21-15/h2-7,18H,8-9H2,1H3,(H,19,20). The van der Waals surface area contributed by atoms with Gasteiger partial charge in [-0.15, -0.1) is 0 Å². The molecule has 4 nitrogen and oxygen atoms in total. The van der Waals surface area contributed by atoms with Gasteiger partial charge in [-0.05, 0) is 42.3 Å². The molecule has 2 aromatic carbocycles. The predicted molar refractivity (Wildman–Crippen MR) is 86.8 cm³/mol. The van der Waals surface area contributed by atoms with E-state index < -0.39 is 0 Å². The lowest BCUT2D eigenvalue weighted by molar-refractivity contribution is -0.118. The summed E-state index contributed by atoms with van der Waals surface area (Å²) in [6.45, 7) is 2.85. The normalized spacial score (nSPS) is 13.1. The Balaban J connectivity index is 1.73. The summed E-state index contributed by atoms with van der Waals surface area (Å²) in [6, 6.07) is 12.0. The number of ether oxygens (including phenoxy) is 1. The highest BCUT2D eigenvalue weighted by Crippen LogP contribution is 2.30. The number of hydrogen-bond donors (Lipinski definition) is 2. The topological polar surface area (TPSA) is 50.4 Å². The van der Waals surface area contributed by atoms with E-state index in [4.69, 9.17) is 4.74 Å². The summed E-state index contributed by atoms with van der Waals surface area (Å²) in [5.74, 6) is 0.581. The van der Waals surface area contributed by atoms with Crippen LogP contribution in [0, 0.1) is 6.92 Å². The number of rotatable bonds is 3. The predicted octanol–water partition coefficient (Wildman–Crippen LogP) is 3.70. The fourth-order valence-electron chi connectivity index (χ4n) is 2.19. The van der Waals surface area contributed by atoms with Gasteiger partial charge in [0, 0.05) is 16.7 Å². The number of carbonyl (C=O) groups is 1. The van der Waals surface area contributed by atoms with Gasteiger partial charge in [0.2, 0.25) is 0 Å². The fourth-order valence-corrected chi connectivity index (χ4v) is 2.82. The van der Waals surface area contributed by atoms with Crippen LogP contribution in [0.15, 0.2) is 40.9 Å². The van der Waals surface area contributed by atoms with Crippen LogP contribution in [0.25, 0.3) is 0 Å². The zero-order valence-corrected chi connectivity index (χ0v) is 13.2. The molecule has 3 rings (SSSR count). The third kappa shape index (κ3) is 3.19. The summed E-state index contributed by atoms with van der Waals surface area (Å²) in [7, 11) is 0. The van der Waals surface area contributed by atoms with Crippen LogP contribution in [0.1, 0.15) is 11.1 Å². The van der Waals surface area contributed by atoms with Crippen LogP contribution >= 0.6 is 15.9 Å². The van der Waals surface area contributed by atoms with Gasteiger partial charge >= 0.3 is 0 Å². The molecule has 0 aliphatic carbocycles. The van der Waals surface area contributed by atoms with Crippen molar-refractivity contribution in [3.05, 3.63) is 52.0 Å². The molecule has 1 amide bonds. The van der Waals surface area contributed by atoms with Crippen LogP contribution in [0.2, 0.25) is 0 Å². The lowest BCUT2D eigenvalue weighted by atomic mass is 10.1. The third-order valence-corrected chi connectivity index (χ3v) is 4.04. The van der Waals surface area contributed by atoms with E-state index in [1.807, 2.05) is 18.2 Å². The summed E-state index contributed by atoms with van der Waals surface area (Å²) in [4.78, 5) is 11.3. The Labute approximate surface area is 131 Å². The first kappa shape index (κ1) is 13.9. The van der Waals surface area contributed by atoms with Crippen molar-refractivity contribution in [2.24, 2.45) is 0 Å². The van der Waals surface area contributed by atoms with Gasteiger partial charge in [0.25, 0.3) is 5.91 Å². The number of aryl methyl sites for hydroxylation is 1. The number of benzene rings is 2. The van der Waals surface area contributed by atoms with Crippen molar-refractivity contribution in [3.8, 4) is 5.75 Å². The number of nitrogens with one attached hydrogen (secondary N) is 2. The van der Waals surface area contributed by atoms with Crippen LogP contribution < -0.4 is 15.4 Å². The Bertz CT molecular complexity index is 701. The first-order chi connectivity index (χ1) is 10.1. The largest absolute Gasteiger partial charge is 0.482 e. The summed E-state index contributed by atoms with van der Waals surface area (Å²) in [5.41, 5.74) is 4.05. The summed E-state index contributed by atoms with van der Waals surface area (Å²) in [6.07, 6.45) is 0. The maximum absolute atomic E-state index is 11.3. The SMILES string of the molecule is Cc1ccc(CNc2ccc3c(c2)NC(=O)CO3)c(Br)c1. The molecule has 0 aromatic heterocycles. The third-order valence-electron chi connectivity index (χ3n) is 3.30. The van der Waals surface area contributed by atoms with Gasteiger partial charge in [-0.1, -0.05) is 28.1 Å². The lowest BCUT2D eigenvalue weighted by Gasteiger charge is -2.19. The molecule has 0 bridgehead atoms. The van der Waals surface area contributed by atoms with Gasteiger partial charge in [-0.25, -0.2) is 0 Å². The maximum Gasteiger partial charge on any atom is 0.262 e. The van der Waals surface area contributed by atoms with E-state index in [-0.39, 0.29) is 12.5 Å². The van der Waals surface area contributed by atoms with E-state index >= 15 is 0 Å². The number of hydrogen-bond acceptors (Lipinski definition) is 3. The van der Waals surface area contributed by atoms with Gasteiger partial charge in [0.05, 0.1) is 5.69 Å². The van der Waals surface area contributed by atoms with Crippen molar-refractivity contribution < 1.29 is 9.53 Å². The van der Waals surface area contributed by atoms with Gasteiger partial charge in [0.1, 0.15) is 5.75 Å². The van der Waals surface area contributed by atoms with Gasteiger partial charge < -0.3 is 15.4 Å². The molecule has 0 unspecified atom stereocenters. The highest BCUT2D eigenvalue weighted by atomic mass is 79.9. The molecule has 0 fully saturated rings. The van der Waals surface area contributed by atoms with Gasteiger partial charge in [0.15, 0.2) is 6.61 Å². The van der Waals surface area contributed by atoms with Crippen LogP contribution in [-0.2, 0) is 11.3 Å². The molecule has 21 heavy (non-hydrogen) atoms. The average Bonchev–Trinajstić information content (AvgIpc) is 2.46. The number of amides is 1. The Morgan fingerprint density at radius 1 is 1.29 bits per heavy atom. The fraction of sp³-hybridized carbons (Fsp3) is 0.188. The highest BCUT2D eigenvalue weighted by molar-refractivity contribution is 9.10. The summed E-state index contributed by atoms with van der Waals surface area (Å²) < 4.78 is 6.43. The molecule has 1 aliphatic rings. The number of anilines is 2. The van der Waals surface area contributed by atoms with E-state index in [9.17, 15) is 4.79 Å². The molecule has 0 saturated carbocycles. The second kappa shape index (κ2) is 5.77. The summed E-state index contributed by atoms with van der Waals surface area (Å²) in [5, 5.41) is 6.15. The average molecular weight is 347 g/mol. The van der Waals surface area contributed by atoms with E-state index in [0.717, 1.165) is 10.2 Å². The maximum atomic E-state index is 11.3. The van der Waals surface area contributed by atoms with Crippen molar-refractivity contribution in [1.82, 2.24) is 0 Å². The second-order valence-corrected chi connectivity index (χ2v) is 5.85. The van der Waals surface area contributed by atoms with Crippen molar-refractivity contribution >= 4 is 33.2 Å². The minimum absolute atomic E-state index is 0.0795. The monoisotopic (exact) mass is 346 g/mol. The number of carbonyl (C=O) groups excluding carboxylic acids is 1. The Morgan fingerprint density at radius 2 is 2.14 bits per heavy atom.